The number of fused-ring (bicyclic) bond motifs is 3. The van der Waals surface area contributed by atoms with Gasteiger partial charge in [-0.15, -0.1) is 0 Å². The molecule has 6 fully saturated rings. The van der Waals surface area contributed by atoms with Crippen LogP contribution in [0.25, 0.3) is 0 Å². The zero-order valence-electron chi connectivity index (χ0n) is 18.8. The van der Waals surface area contributed by atoms with Gasteiger partial charge in [-0.1, -0.05) is 62.3 Å². The fourth-order valence-electron chi connectivity index (χ4n) is 13.3. The Bertz CT molecular complexity index is 694. The van der Waals surface area contributed by atoms with Crippen LogP contribution in [-0.4, -0.2) is 0 Å². The van der Waals surface area contributed by atoms with Crippen LogP contribution in [0.4, 0.5) is 0 Å². The van der Waals surface area contributed by atoms with Gasteiger partial charge in [-0.25, -0.2) is 0 Å². The van der Waals surface area contributed by atoms with Gasteiger partial charge >= 0.3 is 0 Å². The first-order valence-electron chi connectivity index (χ1n) is 12.0. The Morgan fingerprint density at radius 3 is 1.96 bits per heavy atom. The molecule has 6 aliphatic rings. The predicted octanol–water partition coefficient (Wildman–Crippen LogP) is 6.75. The minimum absolute atomic E-state index is 0.588. The highest BCUT2D eigenvalue weighted by Crippen LogP contribution is 2.95. The van der Waals surface area contributed by atoms with Crippen molar-refractivity contribution in [2.75, 3.05) is 0 Å². The third-order valence-electron chi connectivity index (χ3n) is 14.4. The van der Waals surface area contributed by atoms with Crippen molar-refractivity contribution in [2.45, 2.75) is 75.2 Å². The number of hydrogen-bond acceptors (Lipinski definition) is 0. The molecule has 0 heterocycles. The smallest absolute Gasteiger partial charge is 0.0153 e. The lowest BCUT2D eigenvalue weighted by molar-refractivity contribution is -0.374. The molecule has 4 bridgehead atoms. The van der Waals surface area contributed by atoms with Crippen molar-refractivity contribution in [3.8, 4) is 0 Å². The molecule has 0 aliphatic heterocycles. The van der Waals surface area contributed by atoms with E-state index in [2.05, 4.69) is 62.3 Å². The zero-order chi connectivity index (χ0) is 18.8. The van der Waals surface area contributed by atoms with Crippen molar-refractivity contribution in [3.05, 3.63) is 0 Å². The molecule has 0 aromatic carbocycles. The van der Waals surface area contributed by atoms with Crippen molar-refractivity contribution in [1.82, 2.24) is 0 Å². The normalized spacial score (nSPS) is 78.1. The highest BCUT2D eigenvalue weighted by Gasteiger charge is 2.90. The van der Waals surface area contributed by atoms with E-state index in [0.29, 0.717) is 21.7 Å². The molecule has 0 heteroatoms. The third kappa shape index (κ3) is 1.11. The Kier molecular flexibility index (Phi) is 2.69. The van der Waals surface area contributed by atoms with Crippen LogP contribution < -0.4 is 0 Å². The molecule has 26 heavy (non-hydrogen) atoms. The first kappa shape index (κ1) is 16.9. The van der Waals surface area contributed by atoms with E-state index < -0.39 is 0 Å². The summed E-state index contributed by atoms with van der Waals surface area (Å²) < 4.78 is 0. The molecule has 0 nitrogen and oxygen atoms in total. The summed E-state index contributed by atoms with van der Waals surface area (Å²) in [7, 11) is 0. The second-order valence-electron chi connectivity index (χ2n) is 13.2. The molecule has 0 amide bonds. The van der Waals surface area contributed by atoms with Crippen LogP contribution in [-0.2, 0) is 0 Å². The average Bonchev–Trinajstić information content (AvgIpc) is 2.77. The maximum absolute atomic E-state index is 2.83. The van der Waals surface area contributed by atoms with Crippen LogP contribution in [0.3, 0.4) is 0 Å². The lowest BCUT2D eigenvalue weighted by atomic mass is 9.20. The summed E-state index contributed by atoms with van der Waals surface area (Å²) in [5.41, 5.74) is 2.44. The summed E-state index contributed by atoms with van der Waals surface area (Å²) in [6.45, 7) is 24.3. The standard InChI is InChI=1S/C26H42/c1-12-13(2)21-17(6)26-15(4)14(3)25(9)22(23(26,7)11-18(12)21)20-10-19(26)16(5)24(20,25)8/h12-22H,10-11H2,1-9H3. The van der Waals surface area contributed by atoms with E-state index >= 15 is 0 Å². The SMILES string of the molecule is CC1C(C)C2C1CC1(C)C3C4CC5C(C)C4(C)C3(C)C(C)C(C)C51C2C. The average molecular weight is 355 g/mol. The molecule has 0 aromatic heterocycles. The summed E-state index contributed by atoms with van der Waals surface area (Å²) in [6.07, 6.45) is 3.15. The Morgan fingerprint density at radius 2 is 1.31 bits per heavy atom. The molecule has 6 aliphatic carbocycles. The maximum atomic E-state index is 2.83. The van der Waals surface area contributed by atoms with Gasteiger partial charge in [0.15, 0.2) is 0 Å². The van der Waals surface area contributed by atoms with Crippen molar-refractivity contribution < 1.29 is 0 Å². The van der Waals surface area contributed by atoms with Crippen molar-refractivity contribution >= 4 is 0 Å². The Morgan fingerprint density at radius 1 is 0.654 bits per heavy atom. The Labute approximate surface area is 162 Å². The molecule has 15 unspecified atom stereocenters. The molecule has 0 saturated heterocycles. The van der Waals surface area contributed by atoms with Crippen molar-refractivity contribution in [2.24, 2.45) is 86.8 Å². The molecular weight excluding hydrogens is 312 g/mol. The highest BCUT2D eigenvalue weighted by molar-refractivity contribution is 5.37. The van der Waals surface area contributed by atoms with E-state index in [1.807, 2.05) is 0 Å². The van der Waals surface area contributed by atoms with Gasteiger partial charge in [0, 0.05) is 0 Å². The fraction of sp³-hybridized carbons (Fsp3) is 1.00. The van der Waals surface area contributed by atoms with Gasteiger partial charge in [-0.2, -0.15) is 0 Å². The minimum Gasteiger partial charge on any atom is -0.0620 e. The van der Waals surface area contributed by atoms with Crippen LogP contribution in [0.5, 0.6) is 0 Å². The molecule has 146 valence electrons. The first-order valence-corrected chi connectivity index (χ1v) is 12.0. The zero-order valence-corrected chi connectivity index (χ0v) is 18.8. The second-order valence-corrected chi connectivity index (χ2v) is 13.2. The summed E-state index contributed by atoms with van der Waals surface area (Å²) in [4.78, 5) is 0. The van der Waals surface area contributed by atoms with Crippen LogP contribution in [0, 0.1) is 86.8 Å². The van der Waals surface area contributed by atoms with E-state index in [9.17, 15) is 0 Å². The molecule has 6 rings (SSSR count). The topological polar surface area (TPSA) is 0 Å². The molecule has 0 N–H and O–H groups in total. The van der Waals surface area contributed by atoms with E-state index in [0.717, 1.165) is 65.1 Å². The van der Waals surface area contributed by atoms with E-state index in [-0.39, 0.29) is 0 Å². The predicted molar refractivity (Wildman–Crippen MR) is 108 cm³/mol. The molecule has 0 spiro atoms. The molecule has 6 saturated carbocycles. The van der Waals surface area contributed by atoms with Crippen molar-refractivity contribution in [1.29, 1.82) is 0 Å². The lowest BCUT2D eigenvalue weighted by Gasteiger charge is -2.84. The molecular formula is C26H42. The lowest BCUT2D eigenvalue weighted by Crippen LogP contribution is -2.80. The molecule has 15 atom stereocenters. The summed E-state index contributed by atoms with van der Waals surface area (Å²) >= 11 is 0. The van der Waals surface area contributed by atoms with Crippen molar-refractivity contribution in [3.63, 3.8) is 0 Å². The highest BCUT2D eigenvalue weighted by atomic mass is 14.9. The quantitative estimate of drug-likeness (QED) is 0.451. The van der Waals surface area contributed by atoms with Crippen LogP contribution in [0.1, 0.15) is 75.2 Å². The molecule has 0 radical (unpaired) electrons. The van der Waals surface area contributed by atoms with Gasteiger partial charge in [0.1, 0.15) is 0 Å². The van der Waals surface area contributed by atoms with Gasteiger partial charge in [-0.3, -0.25) is 0 Å². The minimum atomic E-state index is 0.588. The van der Waals surface area contributed by atoms with Gasteiger partial charge in [0.05, 0.1) is 0 Å². The largest absolute Gasteiger partial charge is 0.0620 e. The summed E-state index contributed by atoms with van der Waals surface area (Å²) in [6, 6.07) is 0. The summed E-state index contributed by atoms with van der Waals surface area (Å²) in [5, 5.41) is 0. The van der Waals surface area contributed by atoms with Crippen LogP contribution >= 0.6 is 0 Å². The maximum Gasteiger partial charge on any atom is -0.0153 e. The third-order valence-corrected chi connectivity index (χ3v) is 14.4. The van der Waals surface area contributed by atoms with Gasteiger partial charge < -0.3 is 0 Å². The van der Waals surface area contributed by atoms with E-state index in [4.69, 9.17) is 0 Å². The Balaban J connectivity index is 1.64. The van der Waals surface area contributed by atoms with E-state index in [1.54, 1.807) is 12.8 Å². The van der Waals surface area contributed by atoms with Gasteiger partial charge in [0.25, 0.3) is 0 Å². The van der Waals surface area contributed by atoms with Crippen LogP contribution in [0.2, 0.25) is 0 Å². The fourth-order valence-corrected chi connectivity index (χ4v) is 13.3. The van der Waals surface area contributed by atoms with Gasteiger partial charge in [-0.05, 0) is 99.6 Å². The first-order chi connectivity index (χ1) is 12.0. The molecule has 0 aromatic rings. The second kappa shape index (κ2) is 4.14. The monoisotopic (exact) mass is 354 g/mol. The van der Waals surface area contributed by atoms with Crippen LogP contribution in [0.15, 0.2) is 0 Å². The number of rotatable bonds is 0. The summed E-state index contributed by atoms with van der Waals surface area (Å²) in [5.74, 6) is 10.7. The number of hydrogen-bond donors (Lipinski definition) is 0. The Hall–Kier alpha value is 0. The van der Waals surface area contributed by atoms with E-state index in [1.165, 1.54) is 0 Å². The van der Waals surface area contributed by atoms with Gasteiger partial charge in [0.2, 0.25) is 0 Å².